The number of carbonyl (C=O) groups is 1. The molecule has 1 aromatic carbocycles. The van der Waals surface area contributed by atoms with E-state index in [0.717, 1.165) is 12.1 Å². The lowest BCUT2D eigenvalue weighted by atomic mass is 10.1. The van der Waals surface area contributed by atoms with Crippen LogP contribution in [0.5, 0.6) is 0 Å². The summed E-state index contributed by atoms with van der Waals surface area (Å²) < 4.78 is 42.0. The number of pyridine rings is 2. The molecule has 0 radical (unpaired) electrons. The van der Waals surface area contributed by atoms with Gasteiger partial charge in [-0.25, -0.2) is 17.8 Å². The van der Waals surface area contributed by atoms with Crippen molar-refractivity contribution in [3.05, 3.63) is 81.2 Å². The van der Waals surface area contributed by atoms with E-state index in [1.807, 2.05) is 6.92 Å². The Bertz CT molecular complexity index is 1340. The van der Waals surface area contributed by atoms with Crippen LogP contribution in [0.25, 0.3) is 5.69 Å². The number of hydrogen-bond acceptors (Lipinski definition) is 6. The van der Waals surface area contributed by atoms with E-state index in [1.54, 1.807) is 19.1 Å². The summed E-state index contributed by atoms with van der Waals surface area (Å²) in [6.07, 6.45) is 1.12. The number of nitrogens with two attached hydrogens (primary N) is 1. The van der Waals surface area contributed by atoms with E-state index in [4.69, 9.17) is 5.73 Å². The Labute approximate surface area is 190 Å². The van der Waals surface area contributed by atoms with Crippen molar-refractivity contribution in [1.82, 2.24) is 14.9 Å². The smallest absolute Gasteiger partial charge is 0.279 e. The average Bonchev–Trinajstić information content (AvgIpc) is 2.76. The van der Waals surface area contributed by atoms with Crippen molar-refractivity contribution in [3.8, 4) is 5.69 Å². The van der Waals surface area contributed by atoms with Gasteiger partial charge in [-0.3, -0.25) is 18.9 Å². The molecular weight excluding hydrogens is 449 g/mol. The van der Waals surface area contributed by atoms with Crippen LogP contribution in [0.1, 0.15) is 29.4 Å². The molecular formula is C22H24FN5O4S. The van der Waals surface area contributed by atoms with Crippen molar-refractivity contribution >= 4 is 27.9 Å². The fourth-order valence-electron chi connectivity index (χ4n) is 3.39. The number of nitrogen functional groups attached to an aromatic ring is 1. The number of anilines is 2. The fraction of sp³-hybridized carbons (Fsp3) is 0.227. The maximum atomic E-state index is 13.3. The maximum absolute atomic E-state index is 13.3. The van der Waals surface area contributed by atoms with Crippen molar-refractivity contribution in [1.29, 1.82) is 0 Å². The first kappa shape index (κ1) is 23.9. The number of sulfonamides is 1. The normalized spacial score (nSPS) is 11.2. The number of nitrogens with zero attached hydrogens (tertiary/aromatic N) is 2. The number of benzene rings is 1. The second-order valence-electron chi connectivity index (χ2n) is 7.38. The summed E-state index contributed by atoms with van der Waals surface area (Å²) >= 11 is 0. The zero-order valence-corrected chi connectivity index (χ0v) is 18.9. The van der Waals surface area contributed by atoms with Crippen LogP contribution in [-0.4, -0.2) is 24.4 Å². The van der Waals surface area contributed by atoms with Crippen molar-refractivity contribution < 1.29 is 17.6 Å². The van der Waals surface area contributed by atoms with E-state index in [1.165, 1.54) is 22.8 Å². The first-order valence-corrected chi connectivity index (χ1v) is 11.7. The number of aryl methyl sites for hydroxylation is 2. The number of aromatic nitrogens is 2. The largest absolute Gasteiger partial charge is 0.382 e. The van der Waals surface area contributed by atoms with Crippen LogP contribution in [0.2, 0.25) is 0 Å². The molecule has 33 heavy (non-hydrogen) atoms. The Hall–Kier alpha value is -3.73. The van der Waals surface area contributed by atoms with Crippen molar-refractivity contribution in [2.45, 2.75) is 32.6 Å². The van der Waals surface area contributed by atoms with E-state index in [9.17, 15) is 22.4 Å². The molecule has 9 nitrogen and oxygen atoms in total. The average molecular weight is 474 g/mol. The number of rotatable bonds is 9. The highest BCUT2D eigenvalue weighted by molar-refractivity contribution is 7.91. The van der Waals surface area contributed by atoms with E-state index in [-0.39, 0.29) is 23.7 Å². The molecule has 2 heterocycles. The van der Waals surface area contributed by atoms with Crippen LogP contribution in [0.15, 0.2) is 47.3 Å². The number of amides is 1. The van der Waals surface area contributed by atoms with E-state index in [0.29, 0.717) is 35.3 Å². The van der Waals surface area contributed by atoms with Gasteiger partial charge in [0.2, 0.25) is 16.4 Å². The monoisotopic (exact) mass is 473 g/mol. The molecule has 1 amide bonds. The molecule has 2 aromatic heterocycles. The van der Waals surface area contributed by atoms with Gasteiger partial charge in [-0.2, -0.15) is 0 Å². The molecule has 174 valence electrons. The Balaban J connectivity index is 2.05. The molecule has 0 aliphatic carbocycles. The van der Waals surface area contributed by atoms with Gasteiger partial charge in [0, 0.05) is 23.5 Å². The molecule has 0 unspecified atom stereocenters. The van der Waals surface area contributed by atoms with Crippen molar-refractivity contribution in [3.63, 3.8) is 0 Å². The van der Waals surface area contributed by atoms with Crippen LogP contribution < -0.4 is 21.3 Å². The van der Waals surface area contributed by atoms with Gasteiger partial charge in [-0.1, -0.05) is 19.1 Å². The van der Waals surface area contributed by atoms with Gasteiger partial charge in [0.05, 0.1) is 11.4 Å². The highest BCUT2D eigenvalue weighted by atomic mass is 32.2. The molecule has 3 aromatic rings. The summed E-state index contributed by atoms with van der Waals surface area (Å²) in [4.78, 5) is 28.5. The topological polar surface area (TPSA) is 136 Å². The number of halogens is 1. The van der Waals surface area contributed by atoms with Gasteiger partial charge in [0.1, 0.15) is 17.3 Å². The zero-order valence-electron chi connectivity index (χ0n) is 18.1. The molecule has 0 aliphatic heterocycles. The third-order valence-corrected chi connectivity index (χ3v) is 6.17. The zero-order chi connectivity index (χ0) is 24.2. The minimum atomic E-state index is -3.97. The number of nitrogens with one attached hydrogen (secondary N) is 2. The Morgan fingerprint density at radius 2 is 1.88 bits per heavy atom. The molecule has 0 bridgehead atoms. The van der Waals surface area contributed by atoms with Crippen LogP contribution in [0.4, 0.5) is 15.9 Å². The summed E-state index contributed by atoms with van der Waals surface area (Å²) in [5.74, 6) is -0.844. The lowest BCUT2D eigenvalue weighted by molar-refractivity contribution is -0.109. The Morgan fingerprint density at radius 1 is 1.18 bits per heavy atom. The van der Waals surface area contributed by atoms with Gasteiger partial charge in [0.25, 0.3) is 5.56 Å². The highest BCUT2D eigenvalue weighted by Crippen LogP contribution is 2.23. The van der Waals surface area contributed by atoms with Gasteiger partial charge >= 0.3 is 0 Å². The summed E-state index contributed by atoms with van der Waals surface area (Å²) in [6.45, 7) is 3.67. The second-order valence-corrected chi connectivity index (χ2v) is 9.10. The van der Waals surface area contributed by atoms with Crippen molar-refractivity contribution in [2.75, 3.05) is 10.5 Å². The van der Waals surface area contributed by atoms with Gasteiger partial charge < -0.3 is 11.1 Å². The second kappa shape index (κ2) is 9.82. The van der Waals surface area contributed by atoms with E-state index >= 15 is 0 Å². The SMILES string of the molecule is CCc1cc(CNC=O)c(-n2c(C)ccc(NS(=O)(=O)Cc3ccc(F)cc3)c2=O)c(N)n1. The van der Waals surface area contributed by atoms with Gasteiger partial charge in [-0.05, 0) is 49.2 Å². The molecule has 4 N–H and O–H groups in total. The molecule has 0 spiro atoms. The Kier molecular flexibility index (Phi) is 7.12. The molecule has 0 atom stereocenters. The minimum Gasteiger partial charge on any atom is -0.382 e. The van der Waals surface area contributed by atoms with Crippen LogP contribution in [0.3, 0.4) is 0 Å². The number of hydrogen-bond donors (Lipinski definition) is 3. The third kappa shape index (κ3) is 5.55. The summed E-state index contributed by atoms with van der Waals surface area (Å²) in [5.41, 5.74) is 7.70. The summed E-state index contributed by atoms with van der Waals surface area (Å²) in [6, 6.07) is 9.71. The molecule has 3 rings (SSSR count). The molecule has 0 fully saturated rings. The number of carbonyl (C=O) groups excluding carboxylic acids is 1. The van der Waals surface area contributed by atoms with E-state index in [2.05, 4.69) is 15.0 Å². The predicted molar refractivity (Wildman–Crippen MR) is 124 cm³/mol. The molecule has 11 heteroatoms. The van der Waals surface area contributed by atoms with E-state index < -0.39 is 27.2 Å². The molecule has 0 aliphatic rings. The van der Waals surface area contributed by atoms with Crippen LogP contribution >= 0.6 is 0 Å². The highest BCUT2D eigenvalue weighted by Gasteiger charge is 2.20. The first-order chi connectivity index (χ1) is 15.6. The lowest BCUT2D eigenvalue weighted by Gasteiger charge is -2.19. The standard InChI is InChI=1S/C22H24FN5O4S/c1-3-18-10-16(11-25-13-29)20(21(24)26-18)28-14(2)4-9-19(22(28)30)27-33(31,32)12-15-5-7-17(23)8-6-15/h4-10,13,27H,3,11-12H2,1-2H3,(H2,24,26)(H,25,29). The first-order valence-electron chi connectivity index (χ1n) is 10.1. The third-order valence-electron chi connectivity index (χ3n) is 4.93. The predicted octanol–water partition coefficient (Wildman–Crippen LogP) is 2.01. The molecule has 0 saturated carbocycles. The van der Waals surface area contributed by atoms with Gasteiger partial charge in [-0.15, -0.1) is 0 Å². The minimum absolute atomic E-state index is 0.0774. The van der Waals surface area contributed by atoms with Crippen molar-refractivity contribution in [2.24, 2.45) is 0 Å². The fourth-order valence-corrected chi connectivity index (χ4v) is 4.58. The quantitative estimate of drug-likeness (QED) is 0.407. The van der Waals surface area contributed by atoms with Crippen LogP contribution in [-0.2, 0) is 33.5 Å². The summed E-state index contributed by atoms with van der Waals surface area (Å²) in [5, 5.41) is 2.56. The lowest BCUT2D eigenvalue weighted by Crippen LogP contribution is -2.29. The summed E-state index contributed by atoms with van der Waals surface area (Å²) in [7, 11) is -3.97. The molecule has 0 saturated heterocycles. The Morgan fingerprint density at radius 3 is 2.52 bits per heavy atom. The van der Waals surface area contributed by atoms with Crippen LogP contribution in [0, 0.1) is 12.7 Å². The van der Waals surface area contributed by atoms with Gasteiger partial charge in [0.15, 0.2) is 0 Å². The maximum Gasteiger partial charge on any atom is 0.279 e.